The molecule has 1 amide bonds. The molecule has 4 nitrogen and oxygen atoms in total. The Morgan fingerprint density at radius 2 is 1.69 bits per heavy atom. The van der Waals surface area contributed by atoms with Gasteiger partial charge in [0.15, 0.2) is 5.78 Å². The molecule has 1 aromatic carbocycles. The van der Waals surface area contributed by atoms with Crippen LogP contribution >= 0.6 is 12.4 Å². The largest absolute Gasteiger partial charge is 0.355 e. The van der Waals surface area contributed by atoms with Crippen LogP contribution in [0.4, 0.5) is 8.78 Å². The van der Waals surface area contributed by atoms with Crippen molar-refractivity contribution >= 4 is 24.1 Å². The summed E-state index contributed by atoms with van der Waals surface area (Å²) in [7, 11) is 0. The van der Waals surface area contributed by atoms with E-state index in [2.05, 4.69) is 10.6 Å². The van der Waals surface area contributed by atoms with E-state index in [1.54, 1.807) is 0 Å². The first-order valence-corrected chi connectivity index (χ1v) is 9.04. The summed E-state index contributed by atoms with van der Waals surface area (Å²) >= 11 is 0. The monoisotopic (exact) mass is 388 g/mol. The lowest BCUT2D eigenvalue weighted by atomic mass is 10.1. The normalized spacial score (nSPS) is 15.0. The van der Waals surface area contributed by atoms with Crippen LogP contribution in [0.15, 0.2) is 18.2 Å². The highest BCUT2D eigenvalue weighted by Gasteiger charge is 2.14. The molecule has 0 aromatic heterocycles. The fraction of sp³-hybridized carbons (Fsp3) is 0.579. The van der Waals surface area contributed by atoms with Crippen LogP contribution in [0, 0.1) is 11.6 Å². The second kappa shape index (κ2) is 12.0. The Labute approximate surface area is 159 Å². The minimum Gasteiger partial charge on any atom is -0.355 e. The molecule has 0 spiro atoms. The summed E-state index contributed by atoms with van der Waals surface area (Å²) in [5.74, 6) is -2.35. The molecule has 2 rings (SSSR count). The Morgan fingerprint density at radius 3 is 2.35 bits per heavy atom. The van der Waals surface area contributed by atoms with Crippen molar-refractivity contribution in [3.05, 3.63) is 35.4 Å². The molecule has 146 valence electrons. The first-order chi connectivity index (χ1) is 12.1. The molecule has 0 atom stereocenters. The molecule has 7 heteroatoms. The Kier molecular flexibility index (Phi) is 10.4. The van der Waals surface area contributed by atoms with Gasteiger partial charge in [0.25, 0.3) is 0 Å². The van der Waals surface area contributed by atoms with Crippen molar-refractivity contribution in [2.45, 2.75) is 57.4 Å². The van der Waals surface area contributed by atoms with Crippen molar-refractivity contribution in [1.29, 1.82) is 0 Å². The first kappa shape index (κ1) is 22.5. The quantitative estimate of drug-likeness (QED) is 0.405. The number of carbonyl (C=O) groups excluding carboxylic acids is 2. The maximum atomic E-state index is 13.5. The number of carbonyl (C=O) groups is 2. The van der Waals surface area contributed by atoms with Gasteiger partial charge in [0.1, 0.15) is 11.6 Å². The number of ketones is 1. The third-order valence-electron chi connectivity index (χ3n) is 4.55. The topological polar surface area (TPSA) is 58.2 Å². The van der Waals surface area contributed by atoms with E-state index in [1.165, 1.54) is 38.5 Å². The van der Waals surface area contributed by atoms with Crippen LogP contribution in [-0.2, 0) is 4.79 Å². The molecule has 1 fully saturated rings. The first-order valence-electron chi connectivity index (χ1n) is 9.04. The molecule has 0 aliphatic heterocycles. The molecule has 1 aliphatic carbocycles. The Bertz CT molecular complexity index is 591. The molecule has 0 radical (unpaired) electrons. The van der Waals surface area contributed by atoms with Crippen LogP contribution in [0.2, 0.25) is 0 Å². The smallest absolute Gasteiger partial charge is 0.220 e. The van der Waals surface area contributed by atoms with E-state index < -0.39 is 17.4 Å². The maximum Gasteiger partial charge on any atom is 0.220 e. The lowest BCUT2D eigenvalue weighted by Crippen LogP contribution is -2.36. The van der Waals surface area contributed by atoms with Crippen LogP contribution in [0.25, 0.3) is 0 Å². The second-order valence-electron chi connectivity index (χ2n) is 6.54. The van der Waals surface area contributed by atoms with Crippen LogP contribution in [0.3, 0.4) is 0 Å². The van der Waals surface area contributed by atoms with Crippen molar-refractivity contribution in [2.24, 2.45) is 0 Å². The van der Waals surface area contributed by atoms with E-state index in [4.69, 9.17) is 0 Å². The van der Waals surface area contributed by atoms with E-state index in [0.29, 0.717) is 25.2 Å². The van der Waals surface area contributed by atoms with Crippen molar-refractivity contribution in [3.8, 4) is 0 Å². The lowest BCUT2D eigenvalue weighted by Gasteiger charge is -2.16. The molecule has 1 saturated carbocycles. The summed E-state index contributed by atoms with van der Waals surface area (Å²) in [4.78, 5) is 23.7. The lowest BCUT2D eigenvalue weighted by molar-refractivity contribution is -0.121. The summed E-state index contributed by atoms with van der Waals surface area (Å²) in [5.41, 5.74) is -0.177. The molecule has 0 unspecified atom stereocenters. The molecular weight excluding hydrogens is 362 g/mol. The predicted molar refractivity (Wildman–Crippen MR) is 99.7 cm³/mol. The zero-order chi connectivity index (χ0) is 18.1. The number of hydrogen-bond donors (Lipinski definition) is 2. The van der Waals surface area contributed by atoms with E-state index in [-0.39, 0.29) is 36.7 Å². The highest BCUT2D eigenvalue weighted by atomic mass is 35.5. The summed E-state index contributed by atoms with van der Waals surface area (Å²) in [5, 5.41) is 6.21. The van der Waals surface area contributed by atoms with E-state index >= 15 is 0 Å². The fourth-order valence-corrected chi connectivity index (χ4v) is 3.13. The number of Topliss-reactive ketones (excluding diaryl/α,β-unsaturated/α-hetero) is 1. The van der Waals surface area contributed by atoms with Crippen LogP contribution < -0.4 is 10.6 Å². The number of rotatable bonds is 8. The summed E-state index contributed by atoms with van der Waals surface area (Å²) in [6.45, 7) is 1.21. The summed E-state index contributed by atoms with van der Waals surface area (Å²) < 4.78 is 26.3. The van der Waals surface area contributed by atoms with Gasteiger partial charge in [-0.05, 0) is 25.0 Å². The van der Waals surface area contributed by atoms with Crippen LogP contribution in [0.1, 0.15) is 61.7 Å². The number of benzene rings is 1. The van der Waals surface area contributed by atoms with Gasteiger partial charge in [-0.3, -0.25) is 9.59 Å². The van der Waals surface area contributed by atoms with Gasteiger partial charge in [-0.15, -0.1) is 12.4 Å². The molecular formula is C19H27ClF2N2O2. The second-order valence-corrected chi connectivity index (χ2v) is 6.54. The van der Waals surface area contributed by atoms with Crippen LogP contribution in [-0.4, -0.2) is 30.8 Å². The molecule has 1 aromatic rings. The molecule has 2 N–H and O–H groups in total. The van der Waals surface area contributed by atoms with Gasteiger partial charge in [0, 0.05) is 38.0 Å². The van der Waals surface area contributed by atoms with Gasteiger partial charge < -0.3 is 10.6 Å². The van der Waals surface area contributed by atoms with Gasteiger partial charge in [-0.1, -0.05) is 25.7 Å². The van der Waals surface area contributed by atoms with E-state index in [1.807, 2.05) is 0 Å². The van der Waals surface area contributed by atoms with Gasteiger partial charge >= 0.3 is 0 Å². The highest BCUT2D eigenvalue weighted by molar-refractivity contribution is 5.98. The van der Waals surface area contributed by atoms with Crippen molar-refractivity contribution in [1.82, 2.24) is 10.6 Å². The summed E-state index contributed by atoms with van der Waals surface area (Å²) in [6, 6.07) is 3.35. The van der Waals surface area contributed by atoms with Crippen molar-refractivity contribution < 1.29 is 18.4 Å². The van der Waals surface area contributed by atoms with Gasteiger partial charge in [-0.25, -0.2) is 8.78 Å². The Morgan fingerprint density at radius 1 is 1.00 bits per heavy atom. The Hall–Kier alpha value is -1.53. The SMILES string of the molecule is Cl.O=C(CCC(=O)c1ccc(F)cc1F)NCCNC1CCCCCC1. The average Bonchev–Trinajstić information content (AvgIpc) is 2.85. The maximum absolute atomic E-state index is 13.5. The third kappa shape index (κ3) is 7.79. The molecule has 0 saturated heterocycles. The van der Waals surface area contributed by atoms with Gasteiger partial charge in [0.05, 0.1) is 5.56 Å². The summed E-state index contributed by atoms with van der Waals surface area (Å²) in [6.07, 6.45) is 7.40. The van der Waals surface area contributed by atoms with E-state index in [0.717, 1.165) is 12.1 Å². The number of hydrogen-bond acceptors (Lipinski definition) is 3. The third-order valence-corrected chi connectivity index (χ3v) is 4.55. The average molecular weight is 389 g/mol. The minimum atomic E-state index is -0.891. The van der Waals surface area contributed by atoms with Crippen molar-refractivity contribution in [2.75, 3.05) is 13.1 Å². The Balaban J connectivity index is 0.00000338. The van der Waals surface area contributed by atoms with E-state index in [9.17, 15) is 18.4 Å². The number of nitrogens with one attached hydrogen (secondary N) is 2. The van der Waals surface area contributed by atoms with Crippen molar-refractivity contribution in [3.63, 3.8) is 0 Å². The molecule has 0 heterocycles. The predicted octanol–water partition coefficient (Wildman–Crippen LogP) is 3.78. The van der Waals surface area contributed by atoms with Gasteiger partial charge in [-0.2, -0.15) is 0 Å². The molecule has 0 bridgehead atoms. The molecule has 26 heavy (non-hydrogen) atoms. The standard InChI is InChI=1S/C19H26F2N2O2.ClH/c20-14-7-8-16(17(21)13-14)18(24)9-10-19(25)23-12-11-22-15-5-3-1-2-4-6-15;/h7-8,13,15,22H,1-6,9-12H2,(H,23,25);1H. The fourth-order valence-electron chi connectivity index (χ4n) is 3.13. The number of halogens is 3. The zero-order valence-corrected chi connectivity index (χ0v) is 15.7. The minimum absolute atomic E-state index is 0. The number of amides is 1. The molecule has 1 aliphatic rings. The van der Waals surface area contributed by atoms with Gasteiger partial charge in [0.2, 0.25) is 5.91 Å². The van der Waals surface area contributed by atoms with Crippen LogP contribution in [0.5, 0.6) is 0 Å². The zero-order valence-electron chi connectivity index (χ0n) is 14.9. The highest BCUT2D eigenvalue weighted by Crippen LogP contribution is 2.17.